The van der Waals surface area contributed by atoms with Crippen molar-refractivity contribution < 1.29 is 17.6 Å². The van der Waals surface area contributed by atoms with Gasteiger partial charge in [-0.2, -0.15) is 18.3 Å². The number of allylic oxidation sites excluding steroid dienone is 4. The Balaban J connectivity index is 1.58. The molecule has 29 heavy (non-hydrogen) atoms. The van der Waals surface area contributed by atoms with Crippen molar-refractivity contribution >= 4 is 11.2 Å². The fourth-order valence-electron chi connectivity index (χ4n) is 3.53. The van der Waals surface area contributed by atoms with Gasteiger partial charge in [0.25, 0.3) is 0 Å². The predicted molar refractivity (Wildman–Crippen MR) is 104 cm³/mol. The molecular weight excluding hydrogens is 382 g/mol. The van der Waals surface area contributed by atoms with Crippen molar-refractivity contribution in [3.05, 3.63) is 89.5 Å². The summed E-state index contributed by atoms with van der Waals surface area (Å²) in [6.07, 6.45) is 3.47. The summed E-state index contributed by atoms with van der Waals surface area (Å²) in [6, 6.07) is 10.2. The summed E-state index contributed by atoms with van der Waals surface area (Å²) >= 11 is 0. The van der Waals surface area contributed by atoms with Gasteiger partial charge in [0.2, 0.25) is 0 Å². The number of hydrogen-bond acceptors (Lipinski definition) is 2. The van der Waals surface area contributed by atoms with Gasteiger partial charge in [0.15, 0.2) is 0 Å². The number of pyridine rings is 1. The second-order valence-corrected chi connectivity index (χ2v) is 7.16. The number of alkyl halides is 3. The first kappa shape index (κ1) is 19.2. The van der Waals surface area contributed by atoms with Gasteiger partial charge in [0, 0.05) is 37.0 Å². The first-order valence-corrected chi connectivity index (χ1v) is 9.20. The third-order valence-electron chi connectivity index (χ3n) is 5.14. The molecule has 0 radical (unpaired) electrons. The van der Waals surface area contributed by atoms with Crippen LogP contribution in [0, 0.1) is 5.82 Å². The lowest BCUT2D eigenvalue weighted by Gasteiger charge is -2.20. The van der Waals surface area contributed by atoms with E-state index < -0.39 is 11.7 Å². The monoisotopic (exact) mass is 401 g/mol. The molecule has 3 nitrogen and oxygen atoms in total. The van der Waals surface area contributed by atoms with Crippen LogP contribution in [0.2, 0.25) is 0 Å². The molecule has 4 rings (SSSR count). The third kappa shape index (κ3) is 4.04. The minimum atomic E-state index is -4.32. The van der Waals surface area contributed by atoms with Crippen LogP contribution in [0.4, 0.5) is 23.2 Å². The number of halogens is 4. The van der Waals surface area contributed by atoms with Gasteiger partial charge in [-0.15, -0.1) is 0 Å². The minimum Gasteiger partial charge on any atom is -0.370 e. The predicted octanol–water partition coefficient (Wildman–Crippen LogP) is 5.64. The highest BCUT2D eigenvalue weighted by atomic mass is 19.4. The number of anilines is 1. The van der Waals surface area contributed by atoms with Gasteiger partial charge in [0.1, 0.15) is 5.82 Å². The number of benzene rings is 1. The van der Waals surface area contributed by atoms with Gasteiger partial charge in [0.05, 0.1) is 17.3 Å². The van der Waals surface area contributed by atoms with E-state index in [9.17, 15) is 17.6 Å². The Morgan fingerprint density at radius 3 is 2.59 bits per heavy atom. The zero-order valence-corrected chi connectivity index (χ0v) is 15.7. The quantitative estimate of drug-likeness (QED) is 0.527. The molecular formula is C22H19F4N3. The number of aromatic nitrogens is 2. The largest absolute Gasteiger partial charge is 0.416 e. The first-order chi connectivity index (χ1) is 13.8. The highest BCUT2D eigenvalue weighted by Crippen LogP contribution is 2.36. The maximum atomic E-state index is 13.1. The van der Waals surface area contributed by atoms with E-state index >= 15 is 0 Å². The van der Waals surface area contributed by atoms with Crippen molar-refractivity contribution in [3.63, 3.8) is 0 Å². The third-order valence-corrected chi connectivity index (χ3v) is 5.14. The fraction of sp³-hybridized carbons (Fsp3) is 0.227. The second kappa shape index (κ2) is 7.39. The van der Waals surface area contributed by atoms with E-state index in [0.717, 1.165) is 28.4 Å². The molecule has 7 heteroatoms. The van der Waals surface area contributed by atoms with Crippen molar-refractivity contribution in [2.45, 2.75) is 25.1 Å². The Kier molecular flexibility index (Phi) is 4.90. The van der Waals surface area contributed by atoms with Crippen LogP contribution in [-0.2, 0) is 6.54 Å². The van der Waals surface area contributed by atoms with Gasteiger partial charge < -0.3 is 4.90 Å². The van der Waals surface area contributed by atoms with Gasteiger partial charge in [-0.1, -0.05) is 30.4 Å². The summed E-state index contributed by atoms with van der Waals surface area (Å²) < 4.78 is 53.4. The van der Waals surface area contributed by atoms with E-state index in [-0.39, 0.29) is 18.2 Å². The Morgan fingerprint density at radius 2 is 1.93 bits per heavy atom. The van der Waals surface area contributed by atoms with Crippen LogP contribution in [0.1, 0.15) is 23.5 Å². The highest BCUT2D eigenvalue weighted by molar-refractivity contribution is 5.65. The lowest BCUT2D eigenvalue weighted by Crippen LogP contribution is -2.16. The van der Waals surface area contributed by atoms with Gasteiger partial charge in [-0.25, -0.2) is 8.91 Å². The smallest absolute Gasteiger partial charge is 0.370 e. The van der Waals surface area contributed by atoms with Crippen LogP contribution < -0.4 is 4.90 Å². The molecule has 1 aromatic carbocycles. The van der Waals surface area contributed by atoms with E-state index in [2.05, 4.69) is 5.10 Å². The first-order valence-electron chi connectivity index (χ1n) is 9.20. The van der Waals surface area contributed by atoms with Gasteiger partial charge in [-0.05, 0) is 36.2 Å². The maximum Gasteiger partial charge on any atom is 0.416 e. The molecule has 3 aromatic rings. The summed E-state index contributed by atoms with van der Waals surface area (Å²) in [7, 11) is 1.93. The van der Waals surface area contributed by atoms with E-state index in [1.165, 1.54) is 18.2 Å². The average molecular weight is 401 g/mol. The molecule has 0 saturated heterocycles. The molecule has 2 aromatic heterocycles. The van der Waals surface area contributed by atoms with Crippen molar-refractivity contribution in [1.29, 1.82) is 0 Å². The summed E-state index contributed by atoms with van der Waals surface area (Å²) in [6.45, 7) is 0.598. The SMILES string of the molecule is CN(Cc1ccc(F)cc1)c1ccn2ncc(C3C=CC(C(F)(F)F)=CC3)c2c1. The molecule has 0 bridgehead atoms. The summed E-state index contributed by atoms with van der Waals surface area (Å²) in [5, 5.41) is 4.34. The van der Waals surface area contributed by atoms with E-state index in [1.54, 1.807) is 28.9 Å². The number of rotatable bonds is 4. The van der Waals surface area contributed by atoms with Crippen LogP contribution in [0.25, 0.3) is 5.52 Å². The van der Waals surface area contributed by atoms with Gasteiger partial charge >= 0.3 is 6.18 Å². The van der Waals surface area contributed by atoms with Gasteiger partial charge in [-0.3, -0.25) is 0 Å². The molecule has 1 atom stereocenters. The molecule has 2 heterocycles. The highest BCUT2D eigenvalue weighted by Gasteiger charge is 2.33. The zero-order valence-electron chi connectivity index (χ0n) is 15.7. The molecule has 150 valence electrons. The van der Waals surface area contributed by atoms with Crippen LogP contribution in [0.5, 0.6) is 0 Å². The fourth-order valence-corrected chi connectivity index (χ4v) is 3.53. The van der Waals surface area contributed by atoms with E-state index in [4.69, 9.17) is 0 Å². The number of hydrogen-bond donors (Lipinski definition) is 0. The number of fused-ring (bicyclic) bond motifs is 1. The lowest BCUT2D eigenvalue weighted by atomic mass is 9.90. The molecule has 0 aliphatic heterocycles. The Bertz CT molecular complexity index is 1080. The molecule has 1 aliphatic carbocycles. The van der Waals surface area contributed by atoms with Crippen molar-refractivity contribution in [3.8, 4) is 0 Å². The van der Waals surface area contributed by atoms with E-state index in [0.29, 0.717) is 6.54 Å². The van der Waals surface area contributed by atoms with Crippen molar-refractivity contribution in [2.75, 3.05) is 11.9 Å². The molecule has 0 amide bonds. The van der Waals surface area contributed by atoms with Crippen molar-refractivity contribution in [1.82, 2.24) is 9.61 Å². The molecule has 0 saturated carbocycles. The standard InChI is InChI=1S/C22H19F4N3/c1-28(14-15-2-8-18(23)9-3-15)19-10-11-29-21(12-19)20(13-27-29)16-4-6-17(7-5-16)22(24,25)26/h2-4,6-13,16H,5,14H2,1H3. The summed E-state index contributed by atoms with van der Waals surface area (Å²) in [5.41, 5.74) is 3.05. The molecule has 1 unspecified atom stereocenters. The molecule has 1 aliphatic rings. The van der Waals surface area contributed by atoms with Crippen LogP contribution in [-0.4, -0.2) is 22.8 Å². The minimum absolute atomic E-state index is 0.156. The zero-order chi connectivity index (χ0) is 20.6. The molecule has 0 fully saturated rings. The second-order valence-electron chi connectivity index (χ2n) is 7.16. The summed E-state index contributed by atoms with van der Waals surface area (Å²) in [4.78, 5) is 2.03. The Hall–Kier alpha value is -3.09. The average Bonchev–Trinajstić information content (AvgIpc) is 3.12. The summed E-state index contributed by atoms with van der Waals surface area (Å²) in [5.74, 6) is -0.429. The molecule has 0 N–H and O–H groups in total. The normalized spacial score (nSPS) is 16.9. The van der Waals surface area contributed by atoms with E-state index in [1.807, 2.05) is 30.3 Å². The topological polar surface area (TPSA) is 20.5 Å². The molecule has 0 spiro atoms. The van der Waals surface area contributed by atoms with Crippen LogP contribution in [0.15, 0.2) is 72.6 Å². The Morgan fingerprint density at radius 1 is 1.17 bits per heavy atom. The van der Waals surface area contributed by atoms with Crippen LogP contribution >= 0.6 is 0 Å². The van der Waals surface area contributed by atoms with Crippen molar-refractivity contribution in [2.24, 2.45) is 0 Å². The lowest BCUT2D eigenvalue weighted by molar-refractivity contribution is -0.0886. The Labute approximate surface area is 165 Å². The maximum absolute atomic E-state index is 13.1. The number of nitrogens with zero attached hydrogens (tertiary/aromatic N) is 3. The van der Waals surface area contributed by atoms with Crippen LogP contribution in [0.3, 0.4) is 0 Å².